The fourth-order valence-electron chi connectivity index (χ4n) is 1.97. The molecule has 0 aliphatic rings. The first-order valence-corrected chi connectivity index (χ1v) is 5.95. The van der Waals surface area contributed by atoms with Crippen molar-refractivity contribution in [3.8, 4) is 5.88 Å². The van der Waals surface area contributed by atoms with Crippen LogP contribution in [0.15, 0.2) is 30.6 Å². The van der Waals surface area contributed by atoms with Crippen molar-refractivity contribution in [2.45, 2.75) is 13.0 Å². The first-order valence-electron chi connectivity index (χ1n) is 5.95. The number of benzene rings is 1. The molecule has 0 aliphatic carbocycles. The van der Waals surface area contributed by atoms with Crippen molar-refractivity contribution in [2.75, 3.05) is 14.2 Å². The smallest absolute Gasteiger partial charge is 0.216 e. The maximum atomic E-state index is 14.0. The summed E-state index contributed by atoms with van der Waals surface area (Å²) in [6.45, 7) is 1.93. The number of hydrogen-bond donors (Lipinski definition) is 1. The summed E-state index contributed by atoms with van der Waals surface area (Å²) in [5, 5.41) is 3.07. The average Bonchev–Trinajstić information content (AvgIpc) is 2.44. The minimum Gasteiger partial charge on any atom is -0.481 e. The zero-order valence-corrected chi connectivity index (χ0v) is 11.1. The van der Waals surface area contributed by atoms with Crippen molar-refractivity contribution < 1.29 is 9.13 Å². The summed E-state index contributed by atoms with van der Waals surface area (Å²) in [5.41, 5.74) is 2.22. The van der Waals surface area contributed by atoms with Crippen molar-refractivity contribution >= 4 is 0 Å². The molecule has 100 valence electrons. The van der Waals surface area contributed by atoms with Crippen LogP contribution in [-0.4, -0.2) is 24.1 Å². The van der Waals surface area contributed by atoms with Crippen molar-refractivity contribution in [1.82, 2.24) is 15.3 Å². The summed E-state index contributed by atoms with van der Waals surface area (Å²) in [6.07, 6.45) is 1.41. The Bertz CT molecular complexity index is 574. The van der Waals surface area contributed by atoms with Crippen LogP contribution in [-0.2, 0) is 0 Å². The lowest BCUT2D eigenvalue weighted by Gasteiger charge is -2.17. The monoisotopic (exact) mass is 261 g/mol. The molecule has 0 aliphatic heterocycles. The van der Waals surface area contributed by atoms with Gasteiger partial charge in [-0.1, -0.05) is 17.7 Å². The van der Waals surface area contributed by atoms with Crippen LogP contribution in [0.1, 0.15) is 22.9 Å². The third-order valence-electron chi connectivity index (χ3n) is 2.92. The quantitative estimate of drug-likeness (QED) is 0.917. The number of ether oxygens (including phenoxy) is 1. The van der Waals surface area contributed by atoms with Crippen molar-refractivity contribution in [3.05, 3.63) is 53.2 Å². The van der Waals surface area contributed by atoms with E-state index in [0.29, 0.717) is 17.1 Å². The summed E-state index contributed by atoms with van der Waals surface area (Å²) in [7, 11) is 3.30. The molecule has 1 aromatic carbocycles. The van der Waals surface area contributed by atoms with E-state index in [9.17, 15) is 4.39 Å². The molecule has 1 aromatic heterocycles. The van der Waals surface area contributed by atoms with Crippen molar-refractivity contribution in [1.29, 1.82) is 0 Å². The maximum absolute atomic E-state index is 14.0. The van der Waals surface area contributed by atoms with Gasteiger partial charge in [-0.15, -0.1) is 0 Å². The van der Waals surface area contributed by atoms with Crippen molar-refractivity contribution in [2.24, 2.45) is 0 Å². The number of halogens is 1. The van der Waals surface area contributed by atoms with Crippen LogP contribution in [0.4, 0.5) is 4.39 Å². The van der Waals surface area contributed by atoms with Gasteiger partial charge in [0.05, 0.1) is 18.8 Å². The highest BCUT2D eigenvalue weighted by Gasteiger charge is 2.18. The Morgan fingerprint density at radius 1 is 1.26 bits per heavy atom. The Balaban J connectivity index is 2.46. The van der Waals surface area contributed by atoms with Gasteiger partial charge in [0.25, 0.3) is 0 Å². The van der Waals surface area contributed by atoms with E-state index in [1.807, 2.05) is 13.0 Å². The highest BCUT2D eigenvalue weighted by molar-refractivity contribution is 5.33. The molecule has 1 unspecified atom stereocenters. The predicted octanol–water partition coefficient (Wildman–Crippen LogP) is 2.24. The van der Waals surface area contributed by atoms with E-state index in [1.54, 1.807) is 19.2 Å². The average molecular weight is 261 g/mol. The largest absolute Gasteiger partial charge is 0.481 e. The molecule has 1 atom stereocenters. The molecule has 0 radical (unpaired) electrons. The topological polar surface area (TPSA) is 47.0 Å². The van der Waals surface area contributed by atoms with E-state index < -0.39 is 0 Å². The molecule has 1 heterocycles. The SMILES string of the molecule is CNC(c1cc(OC)ncn1)c1cc(C)ccc1F. The number of nitrogens with zero attached hydrogens (tertiary/aromatic N) is 2. The summed E-state index contributed by atoms with van der Waals surface area (Å²) in [6, 6.07) is 6.38. The lowest BCUT2D eigenvalue weighted by Crippen LogP contribution is -2.20. The summed E-state index contributed by atoms with van der Waals surface area (Å²) >= 11 is 0. The van der Waals surface area contributed by atoms with Gasteiger partial charge in [-0.2, -0.15) is 0 Å². The van der Waals surface area contributed by atoms with Gasteiger partial charge >= 0.3 is 0 Å². The number of aryl methyl sites for hydroxylation is 1. The molecule has 0 saturated heterocycles. The van der Waals surface area contributed by atoms with Gasteiger partial charge in [0.2, 0.25) is 5.88 Å². The van der Waals surface area contributed by atoms with Gasteiger partial charge in [-0.3, -0.25) is 0 Å². The minimum atomic E-state index is -0.336. The Kier molecular flexibility index (Phi) is 4.06. The number of nitrogens with one attached hydrogen (secondary N) is 1. The molecule has 4 nitrogen and oxygen atoms in total. The van der Waals surface area contributed by atoms with Crippen LogP contribution < -0.4 is 10.1 Å². The van der Waals surface area contributed by atoms with Gasteiger partial charge in [-0.25, -0.2) is 14.4 Å². The van der Waals surface area contributed by atoms with Gasteiger partial charge < -0.3 is 10.1 Å². The molecule has 0 fully saturated rings. The predicted molar refractivity (Wildman–Crippen MR) is 70.6 cm³/mol. The zero-order valence-electron chi connectivity index (χ0n) is 11.1. The van der Waals surface area contributed by atoms with Crippen molar-refractivity contribution in [3.63, 3.8) is 0 Å². The number of rotatable bonds is 4. The van der Waals surface area contributed by atoms with E-state index in [-0.39, 0.29) is 11.9 Å². The Morgan fingerprint density at radius 3 is 2.74 bits per heavy atom. The number of hydrogen-bond acceptors (Lipinski definition) is 4. The number of aromatic nitrogens is 2. The third-order valence-corrected chi connectivity index (χ3v) is 2.92. The standard InChI is InChI=1S/C14H16FN3O/c1-9-4-5-11(15)10(6-9)14(16-2)12-7-13(19-3)18-8-17-12/h4-8,14,16H,1-3H3. The highest BCUT2D eigenvalue weighted by atomic mass is 19.1. The Morgan fingerprint density at radius 2 is 2.05 bits per heavy atom. The van der Waals surface area contributed by atoms with Gasteiger partial charge in [-0.05, 0) is 20.0 Å². The van der Waals surface area contributed by atoms with E-state index in [2.05, 4.69) is 15.3 Å². The second kappa shape index (κ2) is 5.75. The summed E-state index contributed by atoms with van der Waals surface area (Å²) in [5.74, 6) is 0.195. The number of methoxy groups -OCH3 is 1. The minimum absolute atomic E-state index is 0.262. The second-order valence-electron chi connectivity index (χ2n) is 4.23. The van der Waals surface area contributed by atoms with Gasteiger partial charge in [0.1, 0.15) is 12.1 Å². The molecule has 0 saturated carbocycles. The van der Waals surface area contributed by atoms with Crippen LogP contribution in [0.3, 0.4) is 0 Å². The van der Waals surface area contributed by atoms with Crippen LogP contribution in [0.5, 0.6) is 5.88 Å². The third kappa shape index (κ3) is 2.88. The van der Waals surface area contributed by atoms with Crippen LogP contribution in [0.2, 0.25) is 0 Å². The van der Waals surface area contributed by atoms with E-state index in [1.165, 1.54) is 19.5 Å². The van der Waals surface area contributed by atoms with Crippen LogP contribution in [0.25, 0.3) is 0 Å². The molecular weight excluding hydrogens is 245 g/mol. The molecule has 19 heavy (non-hydrogen) atoms. The second-order valence-corrected chi connectivity index (χ2v) is 4.23. The lowest BCUT2D eigenvalue weighted by molar-refractivity contribution is 0.395. The first-order chi connectivity index (χ1) is 9.15. The fraction of sp³-hybridized carbons (Fsp3) is 0.286. The maximum Gasteiger partial charge on any atom is 0.216 e. The first kappa shape index (κ1) is 13.4. The molecule has 5 heteroatoms. The molecule has 2 rings (SSSR count). The zero-order chi connectivity index (χ0) is 13.8. The Hall–Kier alpha value is -2.01. The van der Waals surface area contributed by atoms with Crippen LogP contribution >= 0.6 is 0 Å². The fourth-order valence-corrected chi connectivity index (χ4v) is 1.97. The molecule has 0 spiro atoms. The molecule has 0 bridgehead atoms. The molecule has 1 N–H and O–H groups in total. The summed E-state index contributed by atoms with van der Waals surface area (Å²) in [4.78, 5) is 8.14. The molecular formula is C14H16FN3O. The van der Waals surface area contributed by atoms with Gasteiger partial charge in [0, 0.05) is 11.6 Å². The molecule has 2 aromatic rings. The van der Waals surface area contributed by atoms with E-state index in [0.717, 1.165) is 5.56 Å². The molecule has 0 amide bonds. The Labute approximate surface area is 111 Å². The summed E-state index contributed by atoms with van der Waals surface area (Å²) < 4.78 is 19.0. The van der Waals surface area contributed by atoms with E-state index >= 15 is 0 Å². The van der Waals surface area contributed by atoms with Crippen LogP contribution in [0, 0.1) is 12.7 Å². The van der Waals surface area contributed by atoms with E-state index in [4.69, 9.17) is 4.74 Å². The van der Waals surface area contributed by atoms with Gasteiger partial charge in [0.15, 0.2) is 0 Å². The highest BCUT2D eigenvalue weighted by Crippen LogP contribution is 2.25. The normalized spacial score (nSPS) is 12.2. The lowest BCUT2D eigenvalue weighted by atomic mass is 10.0.